The number of hydrogen-bond acceptors (Lipinski definition) is 6. The summed E-state index contributed by atoms with van der Waals surface area (Å²) < 4.78 is 75.3. The third-order valence-corrected chi connectivity index (χ3v) is 7.87. The van der Waals surface area contributed by atoms with E-state index in [4.69, 9.17) is 14.2 Å². The number of esters is 2. The molecule has 0 aliphatic heterocycles. The fourth-order valence-electron chi connectivity index (χ4n) is 5.08. The zero-order valence-electron chi connectivity index (χ0n) is 27.8. The Morgan fingerprint density at radius 1 is 0.688 bits per heavy atom. The molecule has 0 bridgehead atoms. The van der Waals surface area contributed by atoms with Gasteiger partial charge >= 0.3 is 18.1 Å². The number of carbonyl (C=O) groups excluding carboxylic acids is 2. The number of ether oxygens (including phenoxy) is 4. The minimum absolute atomic E-state index is 0.121. The van der Waals surface area contributed by atoms with Crippen molar-refractivity contribution in [3.05, 3.63) is 83.7 Å². The van der Waals surface area contributed by atoms with Gasteiger partial charge in [0.15, 0.2) is 17.7 Å². The Hall–Kier alpha value is -3.92. The normalized spacial score (nSPS) is 12.0. The number of rotatable bonds is 21. The molecule has 0 aliphatic rings. The second kappa shape index (κ2) is 20.4. The molecule has 0 spiro atoms. The summed E-state index contributed by atoms with van der Waals surface area (Å²) in [5.41, 5.74) is 1.48. The van der Waals surface area contributed by atoms with Crippen LogP contribution in [0.3, 0.4) is 0 Å². The van der Waals surface area contributed by atoms with E-state index in [-0.39, 0.29) is 18.6 Å². The molecule has 10 heteroatoms. The van der Waals surface area contributed by atoms with Gasteiger partial charge in [0, 0.05) is 13.7 Å². The van der Waals surface area contributed by atoms with E-state index >= 15 is 0 Å². The molecular weight excluding hydrogens is 628 g/mol. The quantitative estimate of drug-likeness (QED) is 0.0485. The molecule has 6 nitrogen and oxygen atoms in total. The summed E-state index contributed by atoms with van der Waals surface area (Å²) in [6.45, 7) is 3.18. The third-order valence-electron chi connectivity index (χ3n) is 7.87. The van der Waals surface area contributed by atoms with Gasteiger partial charge in [-0.05, 0) is 79.3 Å². The van der Waals surface area contributed by atoms with Crippen LogP contribution in [0.4, 0.5) is 17.6 Å². The van der Waals surface area contributed by atoms with Crippen molar-refractivity contribution in [3.63, 3.8) is 0 Å². The molecular formula is C38H46F4O6. The maximum Gasteiger partial charge on any atom is 0.425 e. The molecule has 0 N–H and O–H groups in total. The van der Waals surface area contributed by atoms with Crippen molar-refractivity contribution < 1.29 is 46.1 Å². The van der Waals surface area contributed by atoms with Gasteiger partial charge in [-0.25, -0.2) is 14.0 Å². The molecule has 3 rings (SSSR count). The fourth-order valence-corrected chi connectivity index (χ4v) is 5.08. The predicted octanol–water partition coefficient (Wildman–Crippen LogP) is 10.5. The predicted molar refractivity (Wildman–Crippen MR) is 177 cm³/mol. The van der Waals surface area contributed by atoms with Gasteiger partial charge < -0.3 is 18.9 Å². The monoisotopic (exact) mass is 674 g/mol. The average molecular weight is 675 g/mol. The number of alkyl halides is 3. The highest BCUT2D eigenvalue weighted by atomic mass is 19.4. The molecule has 1 atom stereocenters. The summed E-state index contributed by atoms with van der Waals surface area (Å²) in [4.78, 5) is 25.0. The Labute approximate surface area is 280 Å². The lowest BCUT2D eigenvalue weighted by atomic mass is 10.0. The molecule has 3 aromatic carbocycles. The van der Waals surface area contributed by atoms with Crippen LogP contribution < -0.4 is 9.47 Å². The molecule has 3 aromatic rings. The van der Waals surface area contributed by atoms with Gasteiger partial charge in [0.25, 0.3) is 0 Å². The van der Waals surface area contributed by atoms with Crippen LogP contribution in [-0.4, -0.2) is 44.5 Å². The van der Waals surface area contributed by atoms with Gasteiger partial charge in [-0.2, -0.15) is 13.2 Å². The van der Waals surface area contributed by atoms with Crippen LogP contribution in [0, 0.1) is 5.82 Å². The molecule has 0 radical (unpaired) electrons. The number of benzene rings is 3. The second-order valence-corrected chi connectivity index (χ2v) is 11.7. The standard InChI is InChI=1S/C38H46F4O6/c1-3-4-5-6-7-8-9-10-12-26-46-32-22-19-29(20-23-32)28-15-17-30(18-16-28)36(43)47-34-24-21-31(27-33(34)39)37(44)48-35(38(40,41)42)14-11-13-25-45-2/h15-24,27,35H,3-14,25-26H2,1-2H3. The van der Waals surface area contributed by atoms with Gasteiger partial charge in [-0.15, -0.1) is 0 Å². The van der Waals surface area contributed by atoms with Crippen LogP contribution in [0.2, 0.25) is 0 Å². The lowest BCUT2D eigenvalue weighted by Gasteiger charge is -2.20. The highest BCUT2D eigenvalue weighted by molar-refractivity contribution is 5.92. The second-order valence-electron chi connectivity index (χ2n) is 11.7. The molecule has 0 aliphatic carbocycles. The van der Waals surface area contributed by atoms with Gasteiger partial charge in [0.2, 0.25) is 0 Å². The fraction of sp³-hybridized carbons (Fsp3) is 0.474. The zero-order chi connectivity index (χ0) is 34.8. The van der Waals surface area contributed by atoms with E-state index in [1.54, 1.807) is 24.3 Å². The molecule has 0 saturated heterocycles. The molecule has 0 amide bonds. The molecule has 48 heavy (non-hydrogen) atoms. The number of halogens is 4. The minimum atomic E-state index is -4.78. The van der Waals surface area contributed by atoms with Crippen molar-refractivity contribution in [2.45, 2.75) is 96.3 Å². The Morgan fingerprint density at radius 3 is 1.83 bits per heavy atom. The smallest absolute Gasteiger partial charge is 0.425 e. The van der Waals surface area contributed by atoms with E-state index in [0.29, 0.717) is 19.1 Å². The topological polar surface area (TPSA) is 71.1 Å². The lowest BCUT2D eigenvalue weighted by Crippen LogP contribution is -2.34. The first-order chi connectivity index (χ1) is 23.1. The van der Waals surface area contributed by atoms with Crippen LogP contribution in [0.15, 0.2) is 66.7 Å². The van der Waals surface area contributed by atoms with Crippen molar-refractivity contribution in [2.75, 3.05) is 20.3 Å². The Balaban J connectivity index is 1.47. The van der Waals surface area contributed by atoms with Crippen molar-refractivity contribution in [3.8, 4) is 22.6 Å². The van der Waals surface area contributed by atoms with Crippen LogP contribution in [0.1, 0.15) is 105 Å². The molecule has 0 heterocycles. The first kappa shape index (κ1) is 38.5. The third kappa shape index (κ3) is 13.3. The van der Waals surface area contributed by atoms with E-state index in [9.17, 15) is 27.2 Å². The van der Waals surface area contributed by atoms with Gasteiger partial charge in [-0.1, -0.05) is 82.6 Å². The lowest BCUT2D eigenvalue weighted by molar-refractivity contribution is -0.206. The highest BCUT2D eigenvalue weighted by Gasteiger charge is 2.42. The van der Waals surface area contributed by atoms with Crippen molar-refractivity contribution in [2.24, 2.45) is 0 Å². The van der Waals surface area contributed by atoms with Crippen molar-refractivity contribution in [1.29, 1.82) is 0 Å². The maximum absolute atomic E-state index is 14.7. The van der Waals surface area contributed by atoms with Gasteiger partial charge in [-0.3, -0.25) is 0 Å². The molecule has 0 saturated carbocycles. The van der Waals surface area contributed by atoms with Crippen molar-refractivity contribution >= 4 is 11.9 Å². The first-order valence-corrected chi connectivity index (χ1v) is 16.7. The number of methoxy groups -OCH3 is 1. The zero-order valence-corrected chi connectivity index (χ0v) is 27.8. The molecule has 0 fully saturated rings. The van der Waals surface area contributed by atoms with Crippen LogP contribution in [0.5, 0.6) is 11.5 Å². The largest absolute Gasteiger partial charge is 0.494 e. The summed E-state index contributed by atoms with van der Waals surface area (Å²) in [5.74, 6) is -2.97. The number of carbonyl (C=O) groups is 2. The highest BCUT2D eigenvalue weighted by Crippen LogP contribution is 2.29. The Bertz CT molecular complexity index is 1390. The number of unbranched alkanes of at least 4 members (excludes halogenated alkanes) is 9. The Morgan fingerprint density at radius 2 is 1.25 bits per heavy atom. The van der Waals surface area contributed by atoms with Gasteiger partial charge in [0.05, 0.1) is 17.7 Å². The van der Waals surface area contributed by atoms with E-state index in [2.05, 4.69) is 11.7 Å². The van der Waals surface area contributed by atoms with Crippen LogP contribution >= 0.6 is 0 Å². The van der Waals surface area contributed by atoms with E-state index in [1.165, 1.54) is 52.1 Å². The summed E-state index contributed by atoms with van der Waals surface area (Å²) in [7, 11) is 1.43. The summed E-state index contributed by atoms with van der Waals surface area (Å²) >= 11 is 0. The maximum atomic E-state index is 14.7. The average Bonchev–Trinajstić information content (AvgIpc) is 3.07. The SMILES string of the molecule is CCCCCCCCCCCOc1ccc(-c2ccc(C(=O)Oc3ccc(C(=O)OC(CCCCOC)C(F)(F)F)cc3F)cc2)cc1. The number of hydrogen-bond donors (Lipinski definition) is 0. The van der Waals surface area contributed by atoms with E-state index < -0.39 is 47.8 Å². The summed E-state index contributed by atoms with van der Waals surface area (Å²) in [6, 6.07) is 16.9. The van der Waals surface area contributed by atoms with Crippen LogP contribution in [0.25, 0.3) is 11.1 Å². The van der Waals surface area contributed by atoms with E-state index in [0.717, 1.165) is 41.9 Å². The molecule has 0 aromatic heterocycles. The van der Waals surface area contributed by atoms with Crippen LogP contribution in [-0.2, 0) is 9.47 Å². The Kier molecular flexibility index (Phi) is 16.4. The van der Waals surface area contributed by atoms with Gasteiger partial charge in [0.1, 0.15) is 5.75 Å². The minimum Gasteiger partial charge on any atom is -0.494 e. The summed E-state index contributed by atoms with van der Waals surface area (Å²) in [5, 5.41) is 0. The first-order valence-electron chi connectivity index (χ1n) is 16.7. The van der Waals surface area contributed by atoms with E-state index in [1.807, 2.05) is 24.3 Å². The summed E-state index contributed by atoms with van der Waals surface area (Å²) in [6.07, 6.45) is 4.19. The molecule has 262 valence electrons. The molecule has 1 unspecified atom stereocenters. The van der Waals surface area contributed by atoms with Crippen molar-refractivity contribution in [1.82, 2.24) is 0 Å².